The predicted octanol–water partition coefficient (Wildman–Crippen LogP) is 1.89. The lowest BCUT2D eigenvalue weighted by Crippen LogP contribution is -2.41. The molecule has 1 fully saturated rings. The molecule has 5 nitrogen and oxygen atoms in total. The van der Waals surface area contributed by atoms with Crippen LogP contribution in [0.4, 0.5) is 0 Å². The lowest BCUT2D eigenvalue weighted by Gasteiger charge is -2.32. The molecule has 7 heteroatoms. The quantitative estimate of drug-likeness (QED) is 0.753. The highest BCUT2D eigenvalue weighted by Gasteiger charge is 2.52. The molecule has 1 aliphatic heterocycles. The smallest absolute Gasteiger partial charge is 0.399 e. The largest absolute Gasteiger partial charge is 0.496 e. The van der Waals surface area contributed by atoms with Crippen molar-refractivity contribution >= 4 is 35.1 Å². The van der Waals surface area contributed by atoms with E-state index in [1.54, 1.807) is 19.2 Å². The van der Waals surface area contributed by atoms with Crippen molar-refractivity contribution in [2.24, 2.45) is 7.05 Å². The molecule has 0 aliphatic carbocycles. The van der Waals surface area contributed by atoms with Gasteiger partial charge in [-0.2, -0.15) is 0 Å². The monoisotopic (exact) mass is 320 g/mol. The van der Waals surface area contributed by atoms with E-state index >= 15 is 0 Å². The van der Waals surface area contributed by atoms with Crippen LogP contribution in [0.5, 0.6) is 0 Å². The minimum atomic E-state index is -0.605. The Bertz CT molecular complexity index is 800. The summed E-state index contributed by atoms with van der Waals surface area (Å²) in [6, 6.07) is 3.57. The molecule has 1 saturated heterocycles. The van der Waals surface area contributed by atoms with Gasteiger partial charge >= 0.3 is 7.12 Å². The molecule has 2 aromatic rings. The maximum atomic E-state index is 12.3. The zero-order valence-corrected chi connectivity index (χ0v) is 14.1. The number of fused-ring (bicyclic) bond motifs is 1. The molecule has 0 atom stereocenters. The molecular formula is C15H18BClN2O3. The topological polar surface area (TPSA) is 53.4 Å². The number of rotatable bonds is 1. The fourth-order valence-corrected chi connectivity index (χ4v) is 2.75. The molecule has 0 spiro atoms. The first-order valence-corrected chi connectivity index (χ1v) is 7.51. The second-order valence-electron chi connectivity index (χ2n) is 6.61. The second kappa shape index (κ2) is 4.81. The van der Waals surface area contributed by atoms with Crippen LogP contribution in [0.3, 0.4) is 0 Å². The van der Waals surface area contributed by atoms with Crippen LogP contribution < -0.4 is 11.0 Å². The van der Waals surface area contributed by atoms with Crippen molar-refractivity contribution in [3.8, 4) is 0 Å². The summed E-state index contributed by atoms with van der Waals surface area (Å²) in [5, 5.41) is 0.726. The number of halogens is 1. The van der Waals surface area contributed by atoms with Gasteiger partial charge in [0, 0.05) is 12.5 Å². The Morgan fingerprint density at radius 3 is 2.36 bits per heavy atom. The van der Waals surface area contributed by atoms with E-state index in [0.29, 0.717) is 21.4 Å². The van der Waals surface area contributed by atoms with Crippen molar-refractivity contribution in [3.63, 3.8) is 0 Å². The van der Waals surface area contributed by atoms with Crippen LogP contribution in [-0.2, 0) is 16.4 Å². The number of aryl methyl sites for hydroxylation is 1. The summed E-state index contributed by atoms with van der Waals surface area (Å²) in [5.41, 5.74) is 0.103. The number of hydrogen-bond donors (Lipinski definition) is 0. The number of nitrogens with zero attached hydrogens (tertiary/aromatic N) is 2. The van der Waals surface area contributed by atoms with Gasteiger partial charge in [0.15, 0.2) is 0 Å². The molecular weight excluding hydrogens is 302 g/mol. The fourth-order valence-electron chi connectivity index (χ4n) is 2.42. The second-order valence-corrected chi connectivity index (χ2v) is 6.99. The van der Waals surface area contributed by atoms with E-state index in [4.69, 9.17) is 20.9 Å². The van der Waals surface area contributed by atoms with E-state index in [0.717, 1.165) is 0 Å². The Morgan fingerprint density at radius 2 is 1.77 bits per heavy atom. The first-order valence-electron chi connectivity index (χ1n) is 7.13. The van der Waals surface area contributed by atoms with Gasteiger partial charge in [0.2, 0.25) is 0 Å². The Morgan fingerprint density at radius 1 is 1.18 bits per heavy atom. The molecule has 0 saturated carbocycles. The molecule has 2 heterocycles. The summed E-state index contributed by atoms with van der Waals surface area (Å²) in [6.07, 6.45) is 1.48. The SMILES string of the molecule is Cn1cnc2ccc(B3OC(C)(C)C(C)(C)O3)c(Cl)c2c1=O. The molecule has 0 bridgehead atoms. The van der Waals surface area contributed by atoms with E-state index in [1.165, 1.54) is 10.9 Å². The van der Waals surface area contributed by atoms with E-state index in [-0.39, 0.29) is 5.56 Å². The zero-order chi connectivity index (χ0) is 16.3. The highest BCUT2D eigenvalue weighted by Crippen LogP contribution is 2.37. The average molecular weight is 321 g/mol. The maximum Gasteiger partial charge on any atom is 0.496 e. The highest BCUT2D eigenvalue weighted by molar-refractivity contribution is 6.66. The molecule has 22 heavy (non-hydrogen) atoms. The van der Waals surface area contributed by atoms with Gasteiger partial charge in [-0.25, -0.2) is 4.98 Å². The molecule has 1 aromatic heterocycles. The highest BCUT2D eigenvalue weighted by atomic mass is 35.5. The number of benzene rings is 1. The van der Waals surface area contributed by atoms with E-state index in [9.17, 15) is 4.79 Å². The van der Waals surface area contributed by atoms with E-state index < -0.39 is 18.3 Å². The van der Waals surface area contributed by atoms with Gasteiger partial charge in [-0.15, -0.1) is 0 Å². The Labute approximate surface area is 134 Å². The maximum absolute atomic E-state index is 12.3. The van der Waals surface area contributed by atoms with Gasteiger partial charge < -0.3 is 13.9 Å². The molecule has 3 rings (SSSR count). The summed E-state index contributed by atoms with van der Waals surface area (Å²) in [7, 11) is 1.04. The minimum Gasteiger partial charge on any atom is -0.399 e. The van der Waals surface area contributed by atoms with Crippen molar-refractivity contribution in [1.29, 1.82) is 0 Å². The predicted molar refractivity (Wildman–Crippen MR) is 87.7 cm³/mol. The van der Waals surface area contributed by atoms with Crippen molar-refractivity contribution in [2.45, 2.75) is 38.9 Å². The molecule has 0 amide bonds. The molecule has 0 unspecified atom stereocenters. The van der Waals surface area contributed by atoms with Crippen molar-refractivity contribution in [3.05, 3.63) is 33.8 Å². The summed E-state index contributed by atoms with van der Waals surface area (Å²) >= 11 is 6.47. The first-order chi connectivity index (χ1) is 10.1. The third-order valence-electron chi connectivity index (χ3n) is 4.56. The van der Waals surface area contributed by atoms with Gasteiger partial charge in [-0.05, 0) is 33.8 Å². The molecule has 1 aliphatic rings. The van der Waals surface area contributed by atoms with Crippen LogP contribution in [0, 0.1) is 0 Å². The van der Waals surface area contributed by atoms with E-state index in [1.807, 2.05) is 27.7 Å². The van der Waals surface area contributed by atoms with Gasteiger partial charge in [0.25, 0.3) is 5.56 Å². The van der Waals surface area contributed by atoms with Crippen LogP contribution in [0.25, 0.3) is 10.9 Å². The lowest BCUT2D eigenvalue weighted by atomic mass is 9.78. The van der Waals surface area contributed by atoms with Crippen molar-refractivity contribution in [2.75, 3.05) is 0 Å². The fraction of sp³-hybridized carbons (Fsp3) is 0.467. The Kier molecular flexibility index (Phi) is 3.40. The van der Waals surface area contributed by atoms with Crippen LogP contribution in [-0.4, -0.2) is 27.9 Å². The van der Waals surface area contributed by atoms with Gasteiger partial charge in [0.05, 0.1) is 33.5 Å². The van der Waals surface area contributed by atoms with Gasteiger partial charge in [-0.1, -0.05) is 17.7 Å². The first kappa shape index (κ1) is 15.5. The van der Waals surface area contributed by atoms with Crippen LogP contribution in [0.1, 0.15) is 27.7 Å². The van der Waals surface area contributed by atoms with Gasteiger partial charge in [0.1, 0.15) is 0 Å². The average Bonchev–Trinajstić information content (AvgIpc) is 2.62. The van der Waals surface area contributed by atoms with Crippen molar-refractivity contribution < 1.29 is 9.31 Å². The Hall–Kier alpha value is -1.37. The Balaban J connectivity index is 2.16. The normalized spacial score (nSPS) is 19.8. The van der Waals surface area contributed by atoms with Gasteiger partial charge in [-0.3, -0.25) is 4.79 Å². The molecule has 116 valence electrons. The number of hydrogen-bond acceptors (Lipinski definition) is 4. The third kappa shape index (κ3) is 2.17. The van der Waals surface area contributed by atoms with Crippen LogP contribution in [0.15, 0.2) is 23.3 Å². The third-order valence-corrected chi connectivity index (χ3v) is 4.97. The standard InChI is InChI=1S/C15H18BClN2O3/c1-14(2)15(3,4)22-16(21-14)9-6-7-10-11(12(9)17)13(20)19(5)8-18-10/h6-8H,1-5H3. The summed E-state index contributed by atoms with van der Waals surface area (Å²) in [5.74, 6) is 0. The summed E-state index contributed by atoms with van der Waals surface area (Å²) in [6.45, 7) is 7.90. The number of aromatic nitrogens is 2. The summed E-state index contributed by atoms with van der Waals surface area (Å²) < 4.78 is 13.4. The molecule has 0 N–H and O–H groups in total. The summed E-state index contributed by atoms with van der Waals surface area (Å²) in [4.78, 5) is 16.6. The molecule has 0 radical (unpaired) electrons. The molecule has 1 aromatic carbocycles. The van der Waals surface area contributed by atoms with Crippen molar-refractivity contribution in [1.82, 2.24) is 9.55 Å². The van der Waals surface area contributed by atoms with Crippen LogP contribution in [0.2, 0.25) is 5.02 Å². The minimum absolute atomic E-state index is 0.187. The lowest BCUT2D eigenvalue weighted by molar-refractivity contribution is 0.00578. The zero-order valence-electron chi connectivity index (χ0n) is 13.3. The van der Waals surface area contributed by atoms with E-state index in [2.05, 4.69) is 4.98 Å². The van der Waals surface area contributed by atoms with Crippen LogP contribution >= 0.6 is 11.6 Å².